The molecule has 0 saturated carbocycles. The highest BCUT2D eigenvalue weighted by molar-refractivity contribution is 7.70. The van der Waals surface area contributed by atoms with E-state index in [1.165, 1.54) is 67.6 Å². The van der Waals surface area contributed by atoms with Gasteiger partial charge in [0.1, 0.15) is 0 Å². The highest BCUT2D eigenvalue weighted by Crippen LogP contribution is 2.46. The molecule has 14 nitrogen and oxygen atoms in total. The molecule has 15 heteroatoms. The number of ether oxygens (including phenoxy) is 5. The molecule has 3 aromatic rings. The molecular weight excluding hydrogens is 615 g/mol. The molecular formula is C30H29O14P. The van der Waals surface area contributed by atoms with Crippen LogP contribution in [0.5, 0.6) is 0 Å². The largest absolute Gasteiger partial charge is 0.457 e. The molecule has 4 rings (SSSR count). The molecule has 0 amide bonds. The number of carbonyl (C=O) groups is 4. The molecule has 238 valence electrons. The van der Waals surface area contributed by atoms with Crippen LogP contribution in [0.2, 0.25) is 0 Å². The maximum atomic E-state index is 13.2. The Morgan fingerprint density at radius 3 is 1.56 bits per heavy atom. The van der Waals surface area contributed by atoms with Crippen LogP contribution in [0.4, 0.5) is 4.79 Å². The summed E-state index contributed by atoms with van der Waals surface area (Å²) in [5, 5.41) is 21.9. The molecule has 7 atom stereocenters. The zero-order valence-electron chi connectivity index (χ0n) is 23.6. The lowest BCUT2D eigenvalue weighted by Crippen LogP contribution is -2.64. The third-order valence-corrected chi connectivity index (χ3v) is 7.43. The quantitative estimate of drug-likeness (QED) is 0.119. The highest BCUT2D eigenvalue weighted by atomic mass is 31.2. The van der Waals surface area contributed by atoms with Crippen molar-refractivity contribution in [2.24, 2.45) is 0 Å². The fraction of sp³-hybridized carbons (Fsp3) is 0.267. The smallest absolute Gasteiger partial charge is 0.438 e. The van der Waals surface area contributed by atoms with E-state index in [0.717, 1.165) is 0 Å². The van der Waals surface area contributed by atoms with E-state index in [1.807, 2.05) is 0 Å². The van der Waals surface area contributed by atoms with Crippen molar-refractivity contribution in [3.63, 3.8) is 0 Å². The third kappa shape index (κ3) is 8.39. The van der Waals surface area contributed by atoms with Gasteiger partial charge in [0.15, 0.2) is 37.0 Å². The molecule has 1 fully saturated rings. The van der Waals surface area contributed by atoms with Crippen LogP contribution in [0.15, 0.2) is 91.0 Å². The molecule has 0 aliphatic carbocycles. The van der Waals surface area contributed by atoms with E-state index in [9.17, 15) is 38.8 Å². The Bertz CT molecular complexity index is 1520. The second-order valence-electron chi connectivity index (χ2n) is 9.41. The average Bonchev–Trinajstić information content (AvgIpc) is 3.04. The van der Waals surface area contributed by atoms with Gasteiger partial charge in [0, 0.05) is 0 Å². The molecule has 0 spiro atoms. The minimum Gasteiger partial charge on any atom is -0.457 e. The van der Waals surface area contributed by atoms with Crippen molar-refractivity contribution < 1.29 is 67.1 Å². The van der Waals surface area contributed by atoms with Gasteiger partial charge in [0.2, 0.25) is 0 Å². The van der Waals surface area contributed by atoms with Crippen LogP contribution < -0.4 is 0 Å². The van der Waals surface area contributed by atoms with Gasteiger partial charge in [-0.05, 0) is 43.3 Å². The van der Waals surface area contributed by atoms with Gasteiger partial charge in [-0.25, -0.2) is 23.7 Å². The molecule has 1 aliphatic heterocycles. The van der Waals surface area contributed by atoms with E-state index in [0.29, 0.717) is 0 Å². The summed E-state index contributed by atoms with van der Waals surface area (Å²) >= 11 is 0. The van der Waals surface area contributed by atoms with Gasteiger partial charge in [-0.1, -0.05) is 54.6 Å². The first-order valence-electron chi connectivity index (χ1n) is 13.5. The maximum Gasteiger partial charge on any atom is 0.438 e. The minimum atomic E-state index is -5.34. The lowest BCUT2D eigenvalue weighted by atomic mass is 9.97. The number of hydrogen-bond donors (Lipinski definition) is 3. The molecule has 0 aromatic heterocycles. The topological polar surface area (TPSA) is 201 Å². The molecule has 0 radical (unpaired) electrons. The maximum absolute atomic E-state index is 13.2. The first-order chi connectivity index (χ1) is 21.5. The molecule has 45 heavy (non-hydrogen) atoms. The molecule has 3 N–H and O–H groups in total. The summed E-state index contributed by atoms with van der Waals surface area (Å²) in [5.74, 6) is -3.07. The van der Waals surface area contributed by atoms with Gasteiger partial charge in [0.05, 0.1) is 23.3 Å². The second kappa shape index (κ2) is 15.0. The summed E-state index contributed by atoms with van der Waals surface area (Å²) in [6.45, 7) is 1.06. The molecule has 1 saturated heterocycles. The number of aliphatic hydroxyl groups is 2. The average molecular weight is 645 g/mol. The van der Waals surface area contributed by atoms with Gasteiger partial charge in [-0.3, -0.25) is 4.52 Å². The number of rotatable bonds is 11. The number of carbonyl (C=O) groups excluding carboxylic acids is 4. The SMILES string of the molecule is CCOC(=O)P(=O)(O)OC(O)[C@H]1O[C@H](O)[C@H](OC(=O)c2ccccc2)[C@@H](OC(=O)c2ccccc2)[C@@H]1OC(=O)c1ccccc1. The van der Waals surface area contributed by atoms with Crippen molar-refractivity contribution >= 4 is 31.2 Å². The second-order valence-corrected chi connectivity index (χ2v) is 11.0. The van der Waals surface area contributed by atoms with Crippen molar-refractivity contribution in [2.45, 2.75) is 43.9 Å². The predicted molar refractivity (Wildman–Crippen MR) is 152 cm³/mol. The van der Waals surface area contributed by atoms with Crippen LogP contribution in [0, 0.1) is 0 Å². The number of benzene rings is 3. The zero-order valence-corrected chi connectivity index (χ0v) is 24.5. The fourth-order valence-electron chi connectivity index (χ4n) is 4.23. The number of hydrogen-bond acceptors (Lipinski definition) is 13. The zero-order chi connectivity index (χ0) is 32.6. The fourth-order valence-corrected chi connectivity index (χ4v) is 5.02. The van der Waals surface area contributed by atoms with Gasteiger partial charge in [0.25, 0.3) is 0 Å². The summed E-state index contributed by atoms with van der Waals surface area (Å²) in [6, 6.07) is 22.4. The highest BCUT2D eigenvalue weighted by Gasteiger charge is 2.56. The van der Waals surface area contributed by atoms with Gasteiger partial charge in [-0.15, -0.1) is 0 Å². The number of aliphatic hydroxyl groups excluding tert-OH is 2. The van der Waals surface area contributed by atoms with Crippen molar-refractivity contribution in [1.82, 2.24) is 0 Å². The van der Waals surface area contributed by atoms with E-state index in [-0.39, 0.29) is 23.3 Å². The Balaban J connectivity index is 1.74. The van der Waals surface area contributed by atoms with Crippen LogP contribution in [0.25, 0.3) is 0 Å². The first kappa shape index (κ1) is 33.5. The Hall–Kier alpha value is -4.43. The van der Waals surface area contributed by atoms with Crippen molar-refractivity contribution in [1.29, 1.82) is 0 Å². The van der Waals surface area contributed by atoms with Crippen LogP contribution in [-0.2, 0) is 32.8 Å². The van der Waals surface area contributed by atoms with E-state index >= 15 is 0 Å². The first-order valence-corrected chi connectivity index (χ1v) is 15.1. The monoisotopic (exact) mass is 644 g/mol. The summed E-state index contributed by atoms with van der Waals surface area (Å²) in [6.07, 6.45) is -12.6. The Kier molecular flexibility index (Phi) is 11.2. The van der Waals surface area contributed by atoms with Crippen molar-refractivity contribution in [3.8, 4) is 0 Å². The van der Waals surface area contributed by atoms with E-state index in [2.05, 4.69) is 4.74 Å². The van der Waals surface area contributed by atoms with Crippen LogP contribution in [0.1, 0.15) is 38.0 Å². The third-order valence-electron chi connectivity index (χ3n) is 6.34. The molecule has 0 bridgehead atoms. The van der Waals surface area contributed by atoms with E-state index in [1.54, 1.807) is 30.3 Å². The van der Waals surface area contributed by atoms with Crippen LogP contribution in [-0.4, -0.2) is 82.3 Å². The summed E-state index contributed by atoms with van der Waals surface area (Å²) in [7, 11) is -5.34. The predicted octanol–water partition coefficient (Wildman–Crippen LogP) is 3.06. The summed E-state index contributed by atoms with van der Waals surface area (Å²) in [5.41, 5.74) is -1.67. The lowest BCUT2D eigenvalue weighted by Gasteiger charge is -2.44. The van der Waals surface area contributed by atoms with Crippen LogP contribution >= 0.6 is 7.60 Å². The molecule has 1 heterocycles. The van der Waals surface area contributed by atoms with Crippen molar-refractivity contribution in [3.05, 3.63) is 108 Å². The molecule has 1 aliphatic rings. The normalized spacial score (nSPS) is 23.1. The lowest BCUT2D eigenvalue weighted by molar-refractivity contribution is -0.311. The summed E-state index contributed by atoms with van der Waals surface area (Å²) in [4.78, 5) is 61.5. The molecule has 3 aromatic carbocycles. The van der Waals surface area contributed by atoms with Crippen LogP contribution in [0.3, 0.4) is 0 Å². The van der Waals surface area contributed by atoms with Gasteiger partial charge >= 0.3 is 31.2 Å². The van der Waals surface area contributed by atoms with E-state index < -0.39 is 68.2 Å². The number of esters is 3. The van der Waals surface area contributed by atoms with Gasteiger partial charge in [-0.2, -0.15) is 0 Å². The Morgan fingerprint density at radius 2 is 1.13 bits per heavy atom. The molecule has 2 unspecified atom stereocenters. The van der Waals surface area contributed by atoms with Crippen molar-refractivity contribution in [2.75, 3.05) is 6.61 Å². The Labute approximate surface area is 256 Å². The summed E-state index contributed by atoms with van der Waals surface area (Å²) < 4.78 is 43.8. The minimum absolute atomic E-state index is 0.00951. The Morgan fingerprint density at radius 1 is 0.733 bits per heavy atom. The standard InChI is InChI=1S/C30H29O14P/c1-2-39-30(36)45(37,38)44-29(35)24-22(41-26(32)19-14-8-4-9-15-19)21(40-25(31)18-12-6-3-7-13-18)23(28(34)43-24)42-27(33)20-16-10-5-11-17-20/h3-17,21-24,28-29,34-35H,2H2,1H3,(H,37,38)/t21-,22-,23+,24-,28-,29?/m0/s1. The van der Waals surface area contributed by atoms with Gasteiger partial charge < -0.3 is 38.8 Å². The van der Waals surface area contributed by atoms with E-state index in [4.69, 9.17) is 23.5 Å².